The molecule has 0 bridgehead atoms. The summed E-state index contributed by atoms with van der Waals surface area (Å²) >= 11 is 0. The van der Waals surface area contributed by atoms with Crippen molar-refractivity contribution < 1.29 is 13.9 Å². The van der Waals surface area contributed by atoms with Crippen LogP contribution in [-0.4, -0.2) is 33.8 Å². The van der Waals surface area contributed by atoms with Crippen molar-refractivity contribution in [3.8, 4) is 11.4 Å². The minimum absolute atomic E-state index is 0.136. The lowest BCUT2D eigenvalue weighted by atomic mass is 10.1. The number of pyridine rings is 1. The van der Waals surface area contributed by atoms with E-state index in [9.17, 15) is 9.18 Å². The zero-order valence-electron chi connectivity index (χ0n) is 15.7. The van der Waals surface area contributed by atoms with Gasteiger partial charge in [0.15, 0.2) is 11.6 Å². The van der Waals surface area contributed by atoms with E-state index < -0.39 is 5.82 Å². The first-order valence-corrected chi connectivity index (χ1v) is 8.56. The normalized spacial score (nSPS) is 10.9. The van der Waals surface area contributed by atoms with Gasteiger partial charge in [-0.1, -0.05) is 0 Å². The van der Waals surface area contributed by atoms with Gasteiger partial charge in [0.2, 0.25) is 0 Å². The molecule has 1 aromatic carbocycles. The summed E-state index contributed by atoms with van der Waals surface area (Å²) < 4.78 is 20.8. The Morgan fingerprint density at radius 2 is 1.93 bits per heavy atom. The van der Waals surface area contributed by atoms with E-state index in [0.29, 0.717) is 16.9 Å². The van der Waals surface area contributed by atoms with Gasteiger partial charge in [0.1, 0.15) is 0 Å². The average Bonchev–Trinajstić information content (AvgIpc) is 3.04. The van der Waals surface area contributed by atoms with Gasteiger partial charge < -0.3 is 9.64 Å². The molecule has 0 unspecified atom stereocenters. The van der Waals surface area contributed by atoms with Gasteiger partial charge in [0, 0.05) is 30.2 Å². The molecule has 2 aromatic heterocycles. The Morgan fingerprint density at radius 3 is 2.52 bits per heavy atom. The first-order chi connectivity index (χ1) is 12.9. The zero-order chi connectivity index (χ0) is 19.6. The fraction of sp³-hybridized carbons (Fsp3) is 0.250. The van der Waals surface area contributed by atoms with E-state index in [0.717, 1.165) is 5.69 Å². The van der Waals surface area contributed by atoms with Crippen LogP contribution in [0.15, 0.2) is 48.9 Å². The molecule has 3 aromatic rings. The minimum atomic E-state index is -0.516. The monoisotopic (exact) mass is 368 g/mol. The molecular formula is C20H21FN4O2. The van der Waals surface area contributed by atoms with E-state index in [4.69, 9.17) is 4.74 Å². The van der Waals surface area contributed by atoms with Crippen LogP contribution in [0.5, 0.6) is 5.75 Å². The molecule has 1 amide bonds. The molecule has 7 heteroatoms. The Kier molecular flexibility index (Phi) is 5.21. The minimum Gasteiger partial charge on any atom is -0.494 e. The molecule has 0 aliphatic heterocycles. The van der Waals surface area contributed by atoms with E-state index in [1.807, 2.05) is 32.9 Å². The molecule has 0 fully saturated rings. The van der Waals surface area contributed by atoms with Crippen LogP contribution < -0.4 is 9.64 Å². The summed E-state index contributed by atoms with van der Waals surface area (Å²) in [7, 11) is 1.40. The van der Waals surface area contributed by atoms with Crippen LogP contribution in [0.2, 0.25) is 0 Å². The second kappa shape index (κ2) is 7.57. The van der Waals surface area contributed by atoms with Crippen molar-refractivity contribution in [2.75, 3.05) is 12.0 Å². The molecule has 3 rings (SSSR count). The van der Waals surface area contributed by atoms with Crippen LogP contribution in [-0.2, 0) is 0 Å². The Hall–Kier alpha value is -3.22. The quantitative estimate of drug-likeness (QED) is 0.688. The predicted octanol–water partition coefficient (Wildman–Crippen LogP) is 3.78. The van der Waals surface area contributed by atoms with E-state index >= 15 is 0 Å². The lowest BCUT2D eigenvalue weighted by Gasteiger charge is -2.27. The summed E-state index contributed by atoms with van der Waals surface area (Å²) in [4.78, 5) is 18.8. The highest BCUT2D eigenvalue weighted by atomic mass is 19.1. The SMILES string of the molecule is COc1ccc(N(C(=O)c2cnn(-c3ccncc3)c2C)C(C)C)cc1F. The third-order valence-electron chi connectivity index (χ3n) is 4.30. The summed E-state index contributed by atoms with van der Waals surface area (Å²) in [5.74, 6) is -0.624. The van der Waals surface area contributed by atoms with Gasteiger partial charge in [0.25, 0.3) is 5.91 Å². The van der Waals surface area contributed by atoms with Gasteiger partial charge >= 0.3 is 0 Å². The second-order valence-electron chi connectivity index (χ2n) is 6.35. The smallest absolute Gasteiger partial charge is 0.261 e. The molecule has 0 aliphatic rings. The maximum absolute atomic E-state index is 14.2. The number of nitrogens with zero attached hydrogens (tertiary/aromatic N) is 4. The van der Waals surface area contributed by atoms with E-state index in [1.54, 1.807) is 28.0 Å². The zero-order valence-corrected chi connectivity index (χ0v) is 15.7. The van der Waals surface area contributed by atoms with Crippen LogP contribution >= 0.6 is 0 Å². The van der Waals surface area contributed by atoms with Crippen molar-refractivity contribution in [1.29, 1.82) is 0 Å². The predicted molar refractivity (Wildman–Crippen MR) is 101 cm³/mol. The van der Waals surface area contributed by atoms with Crippen molar-refractivity contribution in [3.05, 3.63) is 66.0 Å². The molecule has 2 heterocycles. The maximum atomic E-state index is 14.2. The number of hydrogen-bond donors (Lipinski definition) is 0. The van der Waals surface area contributed by atoms with Gasteiger partial charge in [-0.05, 0) is 45.0 Å². The highest BCUT2D eigenvalue weighted by Crippen LogP contribution is 2.27. The van der Waals surface area contributed by atoms with E-state index in [1.165, 1.54) is 25.4 Å². The molecule has 0 atom stereocenters. The highest BCUT2D eigenvalue weighted by Gasteiger charge is 2.25. The molecule has 0 saturated carbocycles. The van der Waals surface area contributed by atoms with Crippen molar-refractivity contribution in [1.82, 2.24) is 14.8 Å². The van der Waals surface area contributed by atoms with Crippen LogP contribution in [0.1, 0.15) is 29.9 Å². The number of amides is 1. The third kappa shape index (κ3) is 3.53. The van der Waals surface area contributed by atoms with Gasteiger partial charge in [-0.2, -0.15) is 5.10 Å². The number of ether oxygens (including phenoxy) is 1. The van der Waals surface area contributed by atoms with Gasteiger partial charge in [-0.3, -0.25) is 9.78 Å². The summed E-state index contributed by atoms with van der Waals surface area (Å²) in [6.45, 7) is 5.58. The average molecular weight is 368 g/mol. The number of hydrogen-bond acceptors (Lipinski definition) is 4. The number of aromatic nitrogens is 3. The largest absolute Gasteiger partial charge is 0.494 e. The summed E-state index contributed by atoms with van der Waals surface area (Å²) in [5, 5.41) is 4.33. The Labute approximate surface area is 157 Å². The van der Waals surface area contributed by atoms with Crippen molar-refractivity contribution in [2.45, 2.75) is 26.8 Å². The van der Waals surface area contributed by atoms with Crippen molar-refractivity contribution in [3.63, 3.8) is 0 Å². The molecular weight excluding hydrogens is 347 g/mol. The molecule has 0 saturated heterocycles. The van der Waals surface area contributed by atoms with Crippen molar-refractivity contribution >= 4 is 11.6 Å². The van der Waals surface area contributed by atoms with Gasteiger partial charge in [-0.15, -0.1) is 0 Å². The number of carbonyl (C=O) groups is 1. The Bertz CT molecular complexity index is 954. The van der Waals surface area contributed by atoms with Gasteiger partial charge in [-0.25, -0.2) is 9.07 Å². The standard InChI is InChI=1S/C20H21FN4O2/c1-13(2)24(16-5-6-19(27-4)18(21)11-16)20(26)17-12-23-25(14(17)3)15-7-9-22-10-8-15/h5-13H,1-4H3. The number of benzene rings is 1. The fourth-order valence-electron chi connectivity index (χ4n) is 2.95. The molecule has 0 aliphatic carbocycles. The summed E-state index contributed by atoms with van der Waals surface area (Å²) in [6, 6.07) is 7.94. The van der Waals surface area contributed by atoms with Crippen molar-refractivity contribution in [2.24, 2.45) is 0 Å². The molecule has 140 valence electrons. The number of rotatable bonds is 5. The number of halogens is 1. The molecule has 27 heavy (non-hydrogen) atoms. The topological polar surface area (TPSA) is 60.2 Å². The van der Waals surface area contributed by atoms with Crippen LogP contribution in [0.3, 0.4) is 0 Å². The molecule has 0 N–H and O–H groups in total. The maximum Gasteiger partial charge on any atom is 0.261 e. The highest BCUT2D eigenvalue weighted by molar-refractivity contribution is 6.07. The fourth-order valence-corrected chi connectivity index (χ4v) is 2.95. The van der Waals surface area contributed by atoms with Crippen LogP contribution in [0.25, 0.3) is 5.69 Å². The first-order valence-electron chi connectivity index (χ1n) is 8.56. The lowest BCUT2D eigenvalue weighted by molar-refractivity contribution is 0.0979. The second-order valence-corrected chi connectivity index (χ2v) is 6.35. The van der Waals surface area contributed by atoms with Crippen LogP contribution in [0, 0.1) is 12.7 Å². The number of carbonyl (C=O) groups excluding carboxylic acids is 1. The Balaban J connectivity index is 2.00. The molecule has 0 spiro atoms. The summed E-state index contributed by atoms with van der Waals surface area (Å²) in [5.41, 5.74) is 2.43. The lowest BCUT2D eigenvalue weighted by Crippen LogP contribution is -2.37. The third-order valence-corrected chi connectivity index (χ3v) is 4.30. The van der Waals surface area contributed by atoms with E-state index in [2.05, 4.69) is 10.1 Å². The van der Waals surface area contributed by atoms with E-state index in [-0.39, 0.29) is 17.7 Å². The number of methoxy groups -OCH3 is 1. The summed E-state index contributed by atoms with van der Waals surface area (Å²) in [6.07, 6.45) is 4.87. The first kappa shape index (κ1) is 18.6. The van der Waals surface area contributed by atoms with Gasteiger partial charge in [0.05, 0.1) is 30.3 Å². The molecule has 6 nitrogen and oxygen atoms in total. The molecule has 0 radical (unpaired) electrons. The van der Waals surface area contributed by atoms with Crippen LogP contribution in [0.4, 0.5) is 10.1 Å². The Morgan fingerprint density at radius 1 is 1.22 bits per heavy atom. The number of anilines is 1.